The molecule has 0 aromatic carbocycles. The molecule has 0 fully saturated rings. The lowest BCUT2D eigenvalue weighted by molar-refractivity contribution is 0.0513. The van der Waals surface area contributed by atoms with Crippen LogP contribution in [-0.2, 0) is 4.74 Å². The lowest BCUT2D eigenvalue weighted by Crippen LogP contribution is -2.38. The standard InChI is InChI=1S/C11H20FNO2/c1-6-9(7-8(2)12)13-10(14)15-11(3,4)5/h7,9H,6H2,1-5H3,(H,13,14)/b8-7+. The number of hydrogen-bond donors (Lipinski definition) is 1. The molecule has 0 aliphatic carbocycles. The van der Waals surface area contributed by atoms with Crippen LogP contribution in [0, 0.1) is 0 Å². The van der Waals surface area contributed by atoms with Crippen LogP contribution in [0.5, 0.6) is 0 Å². The van der Waals surface area contributed by atoms with Gasteiger partial charge in [-0.25, -0.2) is 9.18 Å². The van der Waals surface area contributed by atoms with Gasteiger partial charge in [-0.3, -0.25) is 0 Å². The zero-order valence-electron chi connectivity index (χ0n) is 10.1. The molecule has 0 aliphatic rings. The Hall–Kier alpha value is -1.06. The van der Waals surface area contributed by atoms with E-state index in [2.05, 4.69) is 5.32 Å². The molecule has 3 nitrogen and oxygen atoms in total. The molecular formula is C11H20FNO2. The maximum atomic E-state index is 12.6. The lowest BCUT2D eigenvalue weighted by Gasteiger charge is -2.21. The van der Waals surface area contributed by atoms with Gasteiger partial charge in [0.15, 0.2) is 0 Å². The van der Waals surface area contributed by atoms with Gasteiger partial charge in [-0.2, -0.15) is 0 Å². The van der Waals surface area contributed by atoms with Gasteiger partial charge in [-0.1, -0.05) is 6.92 Å². The first-order chi connectivity index (χ1) is 6.74. The summed E-state index contributed by atoms with van der Waals surface area (Å²) in [6, 6.07) is -0.315. The summed E-state index contributed by atoms with van der Waals surface area (Å²) >= 11 is 0. The molecule has 0 heterocycles. The van der Waals surface area contributed by atoms with E-state index in [-0.39, 0.29) is 11.9 Å². The quantitative estimate of drug-likeness (QED) is 0.788. The van der Waals surface area contributed by atoms with Gasteiger partial charge in [-0.15, -0.1) is 0 Å². The van der Waals surface area contributed by atoms with Gasteiger partial charge in [0, 0.05) is 0 Å². The second-order valence-corrected chi connectivity index (χ2v) is 4.41. The van der Waals surface area contributed by atoms with Gasteiger partial charge in [-0.05, 0) is 40.2 Å². The summed E-state index contributed by atoms with van der Waals surface area (Å²) in [6.45, 7) is 8.55. The second kappa shape index (κ2) is 5.73. The normalized spacial score (nSPS) is 14.7. The molecule has 0 aromatic rings. The topological polar surface area (TPSA) is 38.3 Å². The zero-order valence-corrected chi connectivity index (χ0v) is 10.1. The van der Waals surface area contributed by atoms with Crippen LogP contribution in [0.3, 0.4) is 0 Å². The summed E-state index contributed by atoms with van der Waals surface area (Å²) < 4.78 is 17.6. The predicted molar refractivity (Wildman–Crippen MR) is 58.3 cm³/mol. The fourth-order valence-corrected chi connectivity index (χ4v) is 0.998. The molecule has 0 saturated carbocycles. The highest BCUT2D eigenvalue weighted by molar-refractivity contribution is 5.68. The Balaban J connectivity index is 4.20. The molecular weight excluding hydrogens is 197 g/mol. The fraction of sp³-hybridized carbons (Fsp3) is 0.727. The molecule has 1 atom stereocenters. The molecule has 88 valence electrons. The highest BCUT2D eigenvalue weighted by Gasteiger charge is 2.17. The summed E-state index contributed by atoms with van der Waals surface area (Å²) in [4.78, 5) is 11.3. The van der Waals surface area contributed by atoms with Crippen LogP contribution < -0.4 is 5.32 Å². The van der Waals surface area contributed by atoms with E-state index in [1.165, 1.54) is 13.0 Å². The molecule has 0 spiro atoms. The Bertz CT molecular complexity index is 239. The van der Waals surface area contributed by atoms with Crippen LogP contribution in [0.25, 0.3) is 0 Å². The number of halogens is 1. The maximum absolute atomic E-state index is 12.6. The van der Waals surface area contributed by atoms with Gasteiger partial charge in [0.05, 0.1) is 11.9 Å². The Morgan fingerprint density at radius 3 is 2.40 bits per heavy atom. The van der Waals surface area contributed by atoms with E-state index in [4.69, 9.17) is 4.74 Å². The van der Waals surface area contributed by atoms with Crippen molar-refractivity contribution in [2.24, 2.45) is 0 Å². The third kappa shape index (κ3) is 7.97. The number of rotatable bonds is 3. The zero-order chi connectivity index (χ0) is 12.1. The molecule has 15 heavy (non-hydrogen) atoms. The number of ether oxygens (including phenoxy) is 1. The minimum Gasteiger partial charge on any atom is -0.444 e. The van der Waals surface area contributed by atoms with Gasteiger partial charge in [0.1, 0.15) is 5.60 Å². The van der Waals surface area contributed by atoms with Gasteiger partial charge >= 0.3 is 6.09 Å². The molecule has 4 heteroatoms. The van der Waals surface area contributed by atoms with E-state index in [1.807, 2.05) is 6.92 Å². The van der Waals surface area contributed by atoms with E-state index in [0.29, 0.717) is 6.42 Å². The fourth-order valence-electron chi connectivity index (χ4n) is 0.998. The second-order valence-electron chi connectivity index (χ2n) is 4.41. The monoisotopic (exact) mass is 217 g/mol. The minimum absolute atomic E-state index is 0.307. The van der Waals surface area contributed by atoms with Crippen molar-refractivity contribution in [3.8, 4) is 0 Å². The highest BCUT2D eigenvalue weighted by atomic mass is 19.1. The van der Waals surface area contributed by atoms with E-state index in [9.17, 15) is 9.18 Å². The number of carbonyl (C=O) groups is 1. The Morgan fingerprint density at radius 2 is 2.07 bits per heavy atom. The van der Waals surface area contributed by atoms with E-state index in [0.717, 1.165) is 0 Å². The average Bonchev–Trinajstić information content (AvgIpc) is 1.98. The maximum Gasteiger partial charge on any atom is 0.408 e. The van der Waals surface area contributed by atoms with Crippen LogP contribution in [0.1, 0.15) is 41.0 Å². The number of carbonyl (C=O) groups excluding carboxylic acids is 1. The van der Waals surface area contributed by atoms with Crippen LogP contribution in [0.15, 0.2) is 11.9 Å². The summed E-state index contributed by atoms with van der Waals surface area (Å²) in [6.07, 6.45) is 1.47. The first-order valence-corrected chi connectivity index (χ1v) is 5.08. The average molecular weight is 217 g/mol. The number of allylic oxidation sites excluding steroid dienone is 1. The Morgan fingerprint density at radius 1 is 1.53 bits per heavy atom. The van der Waals surface area contributed by atoms with Crippen LogP contribution in [-0.4, -0.2) is 17.7 Å². The largest absolute Gasteiger partial charge is 0.444 e. The minimum atomic E-state index is -0.531. The molecule has 0 bridgehead atoms. The van der Waals surface area contributed by atoms with E-state index >= 15 is 0 Å². The van der Waals surface area contributed by atoms with E-state index in [1.54, 1.807) is 20.8 Å². The van der Waals surface area contributed by atoms with Crippen LogP contribution in [0.2, 0.25) is 0 Å². The first-order valence-electron chi connectivity index (χ1n) is 5.08. The number of nitrogens with one attached hydrogen (secondary N) is 1. The van der Waals surface area contributed by atoms with E-state index < -0.39 is 11.7 Å². The van der Waals surface area contributed by atoms with Crippen molar-refractivity contribution >= 4 is 6.09 Å². The molecule has 1 unspecified atom stereocenters. The van der Waals surface area contributed by atoms with Gasteiger partial charge in [0.2, 0.25) is 0 Å². The van der Waals surface area contributed by atoms with Crippen molar-refractivity contribution in [3.05, 3.63) is 11.9 Å². The molecule has 1 N–H and O–H groups in total. The first kappa shape index (κ1) is 13.9. The summed E-state index contributed by atoms with van der Waals surface area (Å²) in [5.41, 5.74) is -0.531. The van der Waals surface area contributed by atoms with Crippen molar-refractivity contribution in [1.29, 1.82) is 0 Å². The Kier molecular flexibility index (Phi) is 5.33. The third-order valence-corrected chi connectivity index (χ3v) is 1.57. The van der Waals surface area contributed by atoms with Crippen molar-refractivity contribution in [1.82, 2.24) is 5.32 Å². The summed E-state index contributed by atoms with van der Waals surface area (Å²) in [7, 11) is 0. The Labute approximate surface area is 90.7 Å². The molecule has 0 aromatic heterocycles. The smallest absolute Gasteiger partial charge is 0.408 e. The van der Waals surface area contributed by atoms with Crippen molar-refractivity contribution in [2.45, 2.75) is 52.7 Å². The molecule has 0 radical (unpaired) electrons. The van der Waals surface area contributed by atoms with Crippen LogP contribution >= 0.6 is 0 Å². The van der Waals surface area contributed by atoms with Crippen molar-refractivity contribution < 1.29 is 13.9 Å². The number of alkyl carbamates (subject to hydrolysis) is 1. The predicted octanol–water partition coefficient (Wildman–Crippen LogP) is 3.16. The summed E-state index contributed by atoms with van der Waals surface area (Å²) in [5, 5.41) is 2.58. The van der Waals surface area contributed by atoms with Crippen molar-refractivity contribution in [3.63, 3.8) is 0 Å². The third-order valence-electron chi connectivity index (χ3n) is 1.57. The molecule has 1 amide bonds. The lowest BCUT2D eigenvalue weighted by atomic mass is 10.2. The SMILES string of the molecule is CCC(/C=C(\C)F)NC(=O)OC(C)(C)C. The highest BCUT2D eigenvalue weighted by Crippen LogP contribution is 2.08. The molecule has 0 saturated heterocycles. The van der Waals surface area contributed by atoms with Crippen LogP contribution in [0.4, 0.5) is 9.18 Å². The van der Waals surface area contributed by atoms with Crippen molar-refractivity contribution in [2.75, 3.05) is 0 Å². The molecule has 0 aliphatic heterocycles. The summed E-state index contributed by atoms with van der Waals surface area (Å²) in [5.74, 6) is -0.307. The number of amides is 1. The molecule has 0 rings (SSSR count). The number of hydrogen-bond acceptors (Lipinski definition) is 2. The van der Waals surface area contributed by atoms with Gasteiger partial charge < -0.3 is 10.1 Å². The van der Waals surface area contributed by atoms with Gasteiger partial charge in [0.25, 0.3) is 0 Å².